The molecular formula is C18H14N4O. The first kappa shape index (κ1) is 13.6. The fraction of sp³-hybridized carbons (Fsp3) is 0.222. The molecule has 1 atom stereocenters. The standard InChI is InChI=1S/C18H14N4O/c19-9-12-7-14(11-20-10-12)13-4-5-15-17(8-13)23-18(22-15)16-3-1-2-6-21-16/h1-3,6-7,10-11,13H,4-5,8H2. The number of nitrogens with zero attached hydrogens (tertiary/aromatic N) is 4. The molecule has 1 unspecified atom stereocenters. The molecule has 3 aromatic heterocycles. The van der Waals surface area contributed by atoms with E-state index in [1.54, 1.807) is 12.4 Å². The highest BCUT2D eigenvalue weighted by Crippen LogP contribution is 2.34. The summed E-state index contributed by atoms with van der Waals surface area (Å²) >= 11 is 0. The van der Waals surface area contributed by atoms with Crippen LogP contribution in [0, 0.1) is 11.3 Å². The lowest BCUT2D eigenvalue weighted by Crippen LogP contribution is -2.12. The number of oxazole rings is 1. The number of aryl methyl sites for hydroxylation is 1. The Balaban J connectivity index is 1.62. The van der Waals surface area contributed by atoms with Crippen molar-refractivity contribution in [3.63, 3.8) is 0 Å². The minimum Gasteiger partial charge on any atom is -0.440 e. The molecule has 0 radical (unpaired) electrons. The Kier molecular flexibility index (Phi) is 3.35. The molecule has 0 fully saturated rings. The Morgan fingerprint density at radius 3 is 3.04 bits per heavy atom. The number of hydrogen-bond acceptors (Lipinski definition) is 5. The topological polar surface area (TPSA) is 75.6 Å². The molecule has 5 nitrogen and oxygen atoms in total. The van der Waals surface area contributed by atoms with Crippen molar-refractivity contribution in [2.75, 3.05) is 0 Å². The third-order valence-electron chi connectivity index (χ3n) is 4.18. The summed E-state index contributed by atoms with van der Waals surface area (Å²) < 4.78 is 5.94. The van der Waals surface area contributed by atoms with E-state index in [4.69, 9.17) is 9.68 Å². The fourth-order valence-corrected chi connectivity index (χ4v) is 3.00. The van der Waals surface area contributed by atoms with E-state index in [2.05, 4.69) is 21.0 Å². The van der Waals surface area contributed by atoms with Crippen LogP contribution in [0.2, 0.25) is 0 Å². The van der Waals surface area contributed by atoms with Gasteiger partial charge in [-0.1, -0.05) is 6.07 Å². The number of pyridine rings is 2. The molecule has 0 amide bonds. The van der Waals surface area contributed by atoms with Crippen molar-refractivity contribution >= 4 is 0 Å². The summed E-state index contributed by atoms with van der Waals surface area (Å²) in [6, 6.07) is 9.75. The number of fused-ring (bicyclic) bond motifs is 1. The quantitative estimate of drug-likeness (QED) is 0.726. The first-order chi connectivity index (χ1) is 11.3. The number of rotatable bonds is 2. The average molecular weight is 302 g/mol. The zero-order valence-electron chi connectivity index (χ0n) is 12.4. The van der Waals surface area contributed by atoms with Gasteiger partial charge in [-0.25, -0.2) is 4.98 Å². The second-order valence-corrected chi connectivity index (χ2v) is 5.66. The molecule has 0 saturated carbocycles. The van der Waals surface area contributed by atoms with Gasteiger partial charge in [-0.3, -0.25) is 9.97 Å². The minimum atomic E-state index is 0.313. The van der Waals surface area contributed by atoms with Crippen LogP contribution >= 0.6 is 0 Å². The predicted octanol–water partition coefficient (Wildman–Crippen LogP) is 3.28. The molecule has 5 heteroatoms. The molecule has 3 aromatic rings. The van der Waals surface area contributed by atoms with Gasteiger partial charge < -0.3 is 4.42 Å². The van der Waals surface area contributed by atoms with Gasteiger partial charge in [-0.2, -0.15) is 5.26 Å². The SMILES string of the molecule is N#Cc1cncc(C2CCc3nc(-c4ccccn4)oc3C2)c1. The van der Waals surface area contributed by atoms with Gasteiger partial charge in [0.25, 0.3) is 0 Å². The van der Waals surface area contributed by atoms with Crippen LogP contribution in [0.4, 0.5) is 0 Å². The van der Waals surface area contributed by atoms with Crippen molar-refractivity contribution in [1.29, 1.82) is 5.26 Å². The maximum Gasteiger partial charge on any atom is 0.245 e. The minimum absolute atomic E-state index is 0.313. The second-order valence-electron chi connectivity index (χ2n) is 5.66. The van der Waals surface area contributed by atoms with Gasteiger partial charge in [0.05, 0.1) is 11.3 Å². The number of hydrogen-bond donors (Lipinski definition) is 0. The summed E-state index contributed by atoms with van der Waals surface area (Å²) in [4.78, 5) is 13.0. The molecule has 0 saturated heterocycles. The molecule has 0 N–H and O–H groups in total. The van der Waals surface area contributed by atoms with Gasteiger partial charge in [0.15, 0.2) is 0 Å². The normalized spacial score (nSPS) is 16.6. The van der Waals surface area contributed by atoms with E-state index >= 15 is 0 Å². The van der Waals surface area contributed by atoms with Crippen molar-refractivity contribution in [3.8, 4) is 17.7 Å². The van der Waals surface area contributed by atoms with Crippen molar-refractivity contribution in [2.45, 2.75) is 25.2 Å². The Labute approximate surface area is 133 Å². The summed E-state index contributed by atoms with van der Waals surface area (Å²) in [6.45, 7) is 0. The smallest absolute Gasteiger partial charge is 0.245 e. The van der Waals surface area contributed by atoms with Crippen molar-refractivity contribution in [3.05, 3.63) is 65.4 Å². The Morgan fingerprint density at radius 1 is 1.26 bits per heavy atom. The molecule has 1 aliphatic rings. The first-order valence-corrected chi connectivity index (χ1v) is 7.58. The van der Waals surface area contributed by atoms with E-state index in [9.17, 15) is 0 Å². The third-order valence-corrected chi connectivity index (χ3v) is 4.18. The van der Waals surface area contributed by atoms with Gasteiger partial charge >= 0.3 is 0 Å². The monoisotopic (exact) mass is 302 g/mol. The molecule has 0 spiro atoms. The van der Waals surface area contributed by atoms with Crippen LogP contribution in [0.3, 0.4) is 0 Å². The Bertz CT molecular complexity index is 880. The molecule has 1 aliphatic carbocycles. The average Bonchev–Trinajstić information content (AvgIpc) is 3.06. The zero-order valence-corrected chi connectivity index (χ0v) is 12.4. The Hall–Kier alpha value is -3.00. The van der Waals surface area contributed by atoms with Crippen LogP contribution in [0.15, 0.2) is 47.3 Å². The number of nitriles is 1. The molecule has 112 valence electrons. The second kappa shape index (κ2) is 5.65. The molecule has 0 aliphatic heterocycles. The van der Waals surface area contributed by atoms with Crippen LogP contribution in [-0.2, 0) is 12.8 Å². The fourth-order valence-electron chi connectivity index (χ4n) is 3.00. The predicted molar refractivity (Wildman–Crippen MR) is 83.5 cm³/mol. The maximum absolute atomic E-state index is 9.02. The first-order valence-electron chi connectivity index (χ1n) is 7.58. The molecule has 0 aromatic carbocycles. The van der Waals surface area contributed by atoms with Crippen LogP contribution in [-0.4, -0.2) is 15.0 Å². The van der Waals surface area contributed by atoms with Crippen molar-refractivity contribution < 1.29 is 4.42 Å². The highest BCUT2D eigenvalue weighted by Gasteiger charge is 2.26. The molecule has 4 rings (SSSR count). The highest BCUT2D eigenvalue weighted by atomic mass is 16.4. The van der Waals surface area contributed by atoms with E-state index in [1.807, 2.05) is 30.5 Å². The molecule has 3 heterocycles. The van der Waals surface area contributed by atoms with Crippen LogP contribution in [0.1, 0.15) is 34.9 Å². The van der Waals surface area contributed by atoms with Crippen LogP contribution in [0.25, 0.3) is 11.6 Å². The van der Waals surface area contributed by atoms with Gasteiger partial charge in [0.2, 0.25) is 5.89 Å². The lowest BCUT2D eigenvalue weighted by Gasteiger charge is -2.20. The van der Waals surface area contributed by atoms with Crippen molar-refractivity contribution in [2.24, 2.45) is 0 Å². The lowest BCUT2D eigenvalue weighted by atomic mass is 9.85. The summed E-state index contributed by atoms with van der Waals surface area (Å²) in [6.07, 6.45) is 7.80. The summed E-state index contributed by atoms with van der Waals surface area (Å²) in [7, 11) is 0. The highest BCUT2D eigenvalue weighted by molar-refractivity contribution is 5.47. The largest absolute Gasteiger partial charge is 0.440 e. The van der Waals surface area contributed by atoms with Gasteiger partial charge in [-0.05, 0) is 42.5 Å². The van der Waals surface area contributed by atoms with Gasteiger partial charge in [0.1, 0.15) is 17.5 Å². The van der Waals surface area contributed by atoms with Gasteiger partial charge in [-0.15, -0.1) is 0 Å². The maximum atomic E-state index is 9.02. The van der Waals surface area contributed by atoms with Crippen LogP contribution < -0.4 is 0 Å². The van der Waals surface area contributed by atoms with Gasteiger partial charge in [0, 0.05) is 25.0 Å². The third kappa shape index (κ3) is 2.59. The van der Waals surface area contributed by atoms with E-state index in [1.165, 1.54) is 0 Å². The molecule has 0 bridgehead atoms. The van der Waals surface area contributed by atoms with Crippen molar-refractivity contribution in [1.82, 2.24) is 15.0 Å². The van der Waals surface area contributed by atoms with E-state index < -0.39 is 0 Å². The molecular weight excluding hydrogens is 288 g/mol. The summed E-state index contributed by atoms with van der Waals surface area (Å²) in [5.74, 6) is 1.82. The zero-order chi connectivity index (χ0) is 15.6. The van der Waals surface area contributed by atoms with Crippen LogP contribution in [0.5, 0.6) is 0 Å². The van der Waals surface area contributed by atoms with E-state index in [0.717, 1.165) is 42.0 Å². The van der Waals surface area contributed by atoms with E-state index in [0.29, 0.717) is 17.4 Å². The van der Waals surface area contributed by atoms with E-state index in [-0.39, 0.29) is 0 Å². The summed E-state index contributed by atoms with van der Waals surface area (Å²) in [5, 5.41) is 9.02. The Morgan fingerprint density at radius 2 is 2.22 bits per heavy atom. The lowest BCUT2D eigenvalue weighted by molar-refractivity contribution is 0.457. The summed E-state index contributed by atoms with van der Waals surface area (Å²) in [5.41, 5.74) is 3.46. The number of aromatic nitrogens is 3. The molecule has 23 heavy (non-hydrogen) atoms.